The Morgan fingerprint density at radius 3 is 3.04 bits per heavy atom. The maximum absolute atomic E-state index is 11.3. The quantitative estimate of drug-likeness (QED) is 0.748. The SMILES string of the molecule is CSC(c1cc2c(s1)CC(C(=O)O)CC2)C(O)(C=S)n1ccnc1. The Kier molecular flexibility index (Phi) is 5.10. The first kappa shape index (κ1) is 17.6. The number of aryl methyl sites for hydroxylation is 1. The van der Waals surface area contributed by atoms with Crippen LogP contribution in [0.1, 0.15) is 27.0 Å². The molecule has 2 N–H and O–H groups in total. The smallest absolute Gasteiger partial charge is 0.306 e. The number of rotatable bonds is 6. The lowest BCUT2D eigenvalue weighted by atomic mass is 9.89. The minimum absolute atomic E-state index is 0.275. The van der Waals surface area contributed by atoms with E-state index >= 15 is 0 Å². The molecule has 3 atom stereocenters. The molecule has 8 heteroatoms. The lowest BCUT2D eigenvalue weighted by molar-refractivity contribution is -0.142. The molecule has 0 bridgehead atoms. The topological polar surface area (TPSA) is 75.3 Å². The van der Waals surface area contributed by atoms with Crippen molar-refractivity contribution in [3.63, 3.8) is 0 Å². The van der Waals surface area contributed by atoms with Gasteiger partial charge in [0.05, 0.1) is 17.5 Å². The lowest BCUT2D eigenvalue weighted by Crippen LogP contribution is -2.38. The minimum Gasteiger partial charge on any atom is -0.481 e. The molecule has 0 spiro atoms. The van der Waals surface area contributed by atoms with Crippen LogP contribution in [0.4, 0.5) is 0 Å². The van der Waals surface area contributed by atoms with Crippen molar-refractivity contribution in [2.75, 3.05) is 6.26 Å². The van der Waals surface area contributed by atoms with E-state index in [2.05, 4.69) is 11.1 Å². The van der Waals surface area contributed by atoms with Crippen LogP contribution in [0, 0.1) is 5.92 Å². The number of carboxylic acids is 1. The third-order valence-electron chi connectivity index (χ3n) is 4.43. The van der Waals surface area contributed by atoms with Crippen LogP contribution in [0.15, 0.2) is 24.8 Å². The highest BCUT2D eigenvalue weighted by Crippen LogP contribution is 2.45. The zero-order chi connectivity index (χ0) is 17.3. The fourth-order valence-electron chi connectivity index (χ4n) is 3.10. The van der Waals surface area contributed by atoms with Gasteiger partial charge in [-0.2, -0.15) is 11.8 Å². The first-order valence-corrected chi connectivity index (χ1v) is 10.1. The minimum atomic E-state index is -1.36. The third-order valence-corrected chi connectivity index (χ3v) is 7.26. The van der Waals surface area contributed by atoms with Gasteiger partial charge < -0.3 is 14.8 Å². The molecule has 0 radical (unpaired) electrons. The van der Waals surface area contributed by atoms with Crippen molar-refractivity contribution in [2.45, 2.75) is 30.2 Å². The zero-order valence-corrected chi connectivity index (χ0v) is 15.5. The number of carboxylic acid groups (broad SMARTS) is 1. The Labute approximate surface area is 153 Å². The van der Waals surface area contributed by atoms with Gasteiger partial charge >= 0.3 is 5.97 Å². The van der Waals surface area contributed by atoms with E-state index in [-0.39, 0.29) is 11.2 Å². The van der Waals surface area contributed by atoms with Crippen molar-refractivity contribution in [3.8, 4) is 0 Å². The maximum atomic E-state index is 11.3. The predicted octanol–water partition coefficient (Wildman–Crippen LogP) is 2.88. The second-order valence-electron chi connectivity index (χ2n) is 5.86. The summed E-state index contributed by atoms with van der Waals surface area (Å²) in [6.07, 6.45) is 8.80. The average molecular weight is 383 g/mol. The molecular weight excluding hydrogens is 364 g/mol. The number of thiocarbonyl (C=S) groups is 1. The van der Waals surface area contributed by atoms with Gasteiger partial charge in [-0.3, -0.25) is 4.79 Å². The van der Waals surface area contributed by atoms with Crippen LogP contribution in [0.2, 0.25) is 0 Å². The van der Waals surface area contributed by atoms with Crippen LogP contribution < -0.4 is 0 Å². The third kappa shape index (κ3) is 3.03. The summed E-state index contributed by atoms with van der Waals surface area (Å²) >= 11 is 8.23. The van der Waals surface area contributed by atoms with Crippen molar-refractivity contribution in [2.24, 2.45) is 5.92 Å². The molecule has 128 valence electrons. The second-order valence-corrected chi connectivity index (χ2v) is 8.21. The summed E-state index contributed by atoms with van der Waals surface area (Å²) in [6, 6.07) is 2.10. The Hall–Kier alpha value is -1.22. The molecule has 0 amide bonds. The predicted molar refractivity (Wildman–Crippen MR) is 99.8 cm³/mol. The number of fused-ring (bicyclic) bond motifs is 1. The standard InChI is InChI=1S/C16H18N2O3S3/c1-23-14(16(21,8-22)18-5-4-17-9-18)13-6-10-2-3-11(15(19)20)7-12(10)24-13/h4-6,8-9,11,14,21H,2-3,7H2,1H3,(H,19,20). The molecule has 3 rings (SSSR count). The van der Waals surface area contributed by atoms with E-state index < -0.39 is 11.7 Å². The maximum Gasteiger partial charge on any atom is 0.306 e. The molecule has 0 aromatic carbocycles. The van der Waals surface area contributed by atoms with Gasteiger partial charge in [-0.15, -0.1) is 11.3 Å². The van der Waals surface area contributed by atoms with Gasteiger partial charge in [0.15, 0.2) is 5.72 Å². The van der Waals surface area contributed by atoms with E-state index in [0.717, 1.165) is 16.2 Å². The molecule has 24 heavy (non-hydrogen) atoms. The van der Waals surface area contributed by atoms with Gasteiger partial charge in [-0.05, 0) is 37.1 Å². The Bertz CT molecular complexity index is 744. The van der Waals surface area contributed by atoms with Crippen LogP contribution in [0.25, 0.3) is 0 Å². The number of imidazole rings is 1. The van der Waals surface area contributed by atoms with Gasteiger partial charge in [0.1, 0.15) is 0 Å². The molecule has 2 aromatic rings. The van der Waals surface area contributed by atoms with Crippen molar-refractivity contribution in [1.29, 1.82) is 0 Å². The summed E-state index contributed by atoms with van der Waals surface area (Å²) in [7, 11) is 0. The molecule has 1 aliphatic carbocycles. The molecular formula is C16H18N2O3S3. The average Bonchev–Trinajstić information content (AvgIpc) is 3.24. The summed E-state index contributed by atoms with van der Waals surface area (Å²) in [5.74, 6) is -1.04. The normalized spacial score (nSPS) is 20.8. The van der Waals surface area contributed by atoms with Crippen LogP contribution in [-0.4, -0.2) is 37.4 Å². The molecule has 0 fully saturated rings. The molecule has 2 heterocycles. The largest absolute Gasteiger partial charge is 0.481 e. The Morgan fingerprint density at radius 2 is 2.46 bits per heavy atom. The zero-order valence-electron chi connectivity index (χ0n) is 13.1. The number of carbonyl (C=O) groups is 1. The van der Waals surface area contributed by atoms with Gasteiger partial charge in [-0.1, -0.05) is 12.2 Å². The second kappa shape index (κ2) is 6.95. The monoisotopic (exact) mass is 382 g/mol. The molecule has 0 saturated heterocycles. The van der Waals surface area contributed by atoms with Crippen LogP contribution in [0.5, 0.6) is 0 Å². The first-order valence-electron chi connectivity index (χ1n) is 7.53. The number of aliphatic carboxylic acids is 1. The number of hydrogen-bond acceptors (Lipinski definition) is 6. The van der Waals surface area contributed by atoms with Gasteiger partial charge in [0, 0.05) is 27.5 Å². The number of hydrogen-bond donors (Lipinski definition) is 2. The summed E-state index contributed by atoms with van der Waals surface area (Å²) in [6.45, 7) is 0. The molecule has 2 aromatic heterocycles. The highest BCUT2D eigenvalue weighted by molar-refractivity contribution is 7.99. The molecule has 3 unspecified atom stereocenters. The first-order chi connectivity index (χ1) is 11.5. The lowest BCUT2D eigenvalue weighted by Gasteiger charge is -2.32. The van der Waals surface area contributed by atoms with E-state index in [9.17, 15) is 15.0 Å². The summed E-state index contributed by atoms with van der Waals surface area (Å²) in [5, 5.41) is 21.5. The fraction of sp³-hybridized carbons (Fsp3) is 0.438. The van der Waals surface area contributed by atoms with E-state index in [4.69, 9.17) is 12.2 Å². The van der Waals surface area contributed by atoms with E-state index in [1.165, 1.54) is 22.7 Å². The molecule has 1 aliphatic rings. The van der Waals surface area contributed by atoms with Gasteiger partial charge in [0.25, 0.3) is 0 Å². The van der Waals surface area contributed by atoms with E-state index in [0.29, 0.717) is 12.8 Å². The number of thioether (sulfide) groups is 1. The van der Waals surface area contributed by atoms with Crippen LogP contribution in [0.3, 0.4) is 0 Å². The van der Waals surface area contributed by atoms with Crippen LogP contribution in [-0.2, 0) is 23.4 Å². The molecule has 0 saturated carbocycles. The van der Waals surface area contributed by atoms with Crippen LogP contribution >= 0.6 is 35.3 Å². The number of nitrogens with zero attached hydrogens (tertiary/aromatic N) is 2. The van der Waals surface area contributed by atoms with Gasteiger partial charge in [-0.25, -0.2) is 4.98 Å². The summed E-state index contributed by atoms with van der Waals surface area (Å²) in [5.41, 5.74) is -0.158. The van der Waals surface area contributed by atoms with Crippen molar-refractivity contribution in [1.82, 2.24) is 9.55 Å². The molecule has 5 nitrogen and oxygen atoms in total. The number of aromatic nitrogens is 2. The van der Waals surface area contributed by atoms with Crippen molar-refractivity contribution < 1.29 is 15.0 Å². The highest BCUT2D eigenvalue weighted by atomic mass is 32.2. The van der Waals surface area contributed by atoms with E-state index in [1.807, 2.05) is 6.26 Å². The van der Waals surface area contributed by atoms with Crippen molar-refractivity contribution in [3.05, 3.63) is 40.1 Å². The Balaban J connectivity index is 1.95. The van der Waals surface area contributed by atoms with Crippen molar-refractivity contribution >= 4 is 46.7 Å². The fourth-order valence-corrected chi connectivity index (χ4v) is 6.05. The summed E-state index contributed by atoms with van der Waals surface area (Å²) < 4.78 is 1.61. The number of thiophene rings is 1. The molecule has 0 aliphatic heterocycles. The van der Waals surface area contributed by atoms with E-state index in [1.54, 1.807) is 34.6 Å². The summed E-state index contributed by atoms with van der Waals surface area (Å²) in [4.78, 5) is 17.4. The highest BCUT2D eigenvalue weighted by Gasteiger charge is 2.39. The number of aliphatic hydroxyl groups is 1. The Morgan fingerprint density at radius 1 is 1.67 bits per heavy atom. The van der Waals surface area contributed by atoms with Gasteiger partial charge in [0.2, 0.25) is 0 Å².